The summed E-state index contributed by atoms with van der Waals surface area (Å²) >= 11 is 0. The molecular weight excluding hydrogens is 853 g/mol. The van der Waals surface area contributed by atoms with Gasteiger partial charge >= 0.3 is 17.9 Å². The maximum absolute atomic E-state index is 12.9. The van der Waals surface area contributed by atoms with Crippen molar-refractivity contribution in [2.75, 3.05) is 13.2 Å². The van der Waals surface area contributed by atoms with Crippen molar-refractivity contribution in [3.8, 4) is 0 Å². The van der Waals surface area contributed by atoms with Gasteiger partial charge in [0.15, 0.2) is 6.10 Å². The maximum Gasteiger partial charge on any atom is 0.306 e. The molecule has 0 amide bonds. The maximum atomic E-state index is 12.9. The summed E-state index contributed by atoms with van der Waals surface area (Å²) in [6, 6.07) is 0. The van der Waals surface area contributed by atoms with E-state index in [0.717, 1.165) is 69.6 Å². The molecule has 1 atom stereocenters. The van der Waals surface area contributed by atoms with Gasteiger partial charge in [-0.25, -0.2) is 0 Å². The Kier molecular flexibility index (Phi) is 54.4. The smallest absolute Gasteiger partial charge is 0.306 e. The molecule has 0 aliphatic carbocycles. The van der Waals surface area contributed by atoms with Crippen LogP contribution in [0, 0.1) is 11.8 Å². The monoisotopic (exact) mass is 975 g/mol. The summed E-state index contributed by atoms with van der Waals surface area (Å²) in [5, 5.41) is 0. The fraction of sp³-hybridized carbons (Fsp3) is 0.952. The molecule has 0 spiro atoms. The Labute approximate surface area is 431 Å². The molecule has 0 saturated heterocycles. The molecular formula is C63H122O6. The van der Waals surface area contributed by atoms with Gasteiger partial charge in [0, 0.05) is 19.3 Å². The minimum Gasteiger partial charge on any atom is -0.462 e. The normalized spacial score (nSPS) is 12.0. The largest absolute Gasteiger partial charge is 0.462 e. The van der Waals surface area contributed by atoms with Crippen LogP contribution in [-0.2, 0) is 28.6 Å². The van der Waals surface area contributed by atoms with Crippen LogP contribution in [0.5, 0.6) is 0 Å². The number of carbonyl (C=O) groups excluding carboxylic acids is 3. The van der Waals surface area contributed by atoms with E-state index in [4.69, 9.17) is 14.2 Å². The molecule has 410 valence electrons. The molecule has 6 nitrogen and oxygen atoms in total. The summed E-state index contributed by atoms with van der Waals surface area (Å²) in [6.45, 7) is 11.4. The van der Waals surface area contributed by atoms with Gasteiger partial charge in [-0.1, -0.05) is 317 Å². The number of carbonyl (C=O) groups is 3. The Morgan fingerprint density at radius 3 is 0.710 bits per heavy atom. The molecule has 0 rings (SSSR count). The first-order valence-electron chi connectivity index (χ1n) is 31.2. The van der Waals surface area contributed by atoms with E-state index in [2.05, 4.69) is 34.6 Å². The van der Waals surface area contributed by atoms with Gasteiger partial charge in [0.1, 0.15) is 13.2 Å². The lowest BCUT2D eigenvalue weighted by molar-refractivity contribution is -0.167. The Balaban J connectivity index is 4.27. The molecule has 0 aromatic carbocycles. The van der Waals surface area contributed by atoms with Crippen LogP contribution in [0.3, 0.4) is 0 Å². The van der Waals surface area contributed by atoms with Crippen molar-refractivity contribution in [2.45, 2.75) is 362 Å². The van der Waals surface area contributed by atoms with E-state index in [0.29, 0.717) is 19.3 Å². The topological polar surface area (TPSA) is 78.9 Å². The Morgan fingerprint density at radius 1 is 0.275 bits per heavy atom. The van der Waals surface area contributed by atoms with Crippen LogP contribution in [0.1, 0.15) is 356 Å². The molecule has 6 heteroatoms. The van der Waals surface area contributed by atoms with Crippen LogP contribution >= 0.6 is 0 Å². The second-order valence-corrected chi connectivity index (χ2v) is 22.6. The number of unbranched alkanes of at least 4 members (excludes halogenated alkanes) is 42. The van der Waals surface area contributed by atoms with Gasteiger partial charge in [0.05, 0.1) is 0 Å². The zero-order valence-electron chi connectivity index (χ0n) is 47.5. The molecule has 69 heavy (non-hydrogen) atoms. The second-order valence-electron chi connectivity index (χ2n) is 22.6. The van der Waals surface area contributed by atoms with Crippen molar-refractivity contribution in [1.82, 2.24) is 0 Å². The fourth-order valence-electron chi connectivity index (χ4n) is 9.76. The van der Waals surface area contributed by atoms with Crippen molar-refractivity contribution < 1.29 is 28.6 Å². The van der Waals surface area contributed by atoms with E-state index in [1.807, 2.05) is 0 Å². The molecule has 0 saturated carbocycles. The number of hydrogen-bond donors (Lipinski definition) is 0. The summed E-state index contributed by atoms with van der Waals surface area (Å²) in [6.07, 6.45) is 61.0. The van der Waals surface area contributed by atoms with Gasteiger partial charge in [0.25, 0.3) is 0 Å². The highest BCUT2D eigenvalue weighted by Gasteiger charge is 2.19. The Morgan fingerprint density at radius 2 is 0.478 bits per heavy atom. The van der Waals surface area contributed by atoms with Gasteiger partial charge in [-0.2, -0.15) is 0 Å². The Bertz CT molecular complexity index is 1060. The van der Waals surface area contributed by atoms with Crippen molar-refractivity contribution >= 4 is 17.9 Å². The quantitative estimate of drug-likeness (QED) is 0.0343. The van der Waals surface area contributed by atoms with E-state index in [1.54, 1.807) is 0 Å². The van der Waals surface area contributed by atoms with E-state index < -0.39 is 6.10 Å². The standard InChI is InChI=1S/C63H122O6/c1-6-7-8-9-10-11-12-13-14-20-23-28-33-38-43-48-53-61(64)67-56-60(57-68-62(65)54-49-44-39-34-30-25-27-32-37-42-47-52-59(4)5)69-63(66)55-50-45-40-35-29-24-21-18-16-15-17-19-22-26-31-36-41-46-51-58(2)3/h58-60H,6-57H2,1-5H3/t60-/m1/s1. The molecule has 0 heterocycles. The van der Waals surface area contributed by atoms with Crippen LogP contribution in [-0.4, -0.2) is 37.2 Å². The fourth-order valence-corrected chi connectivity index (χ4v) is 9.76. The van der Waals surface area contributed by atoms with Crippen molar-refractivity contribution in [3.63, 3.8) is 0 Å². The predicted octanol–water partition coefficient (Wildman–Crippen LogP) is 20.8. The molecule has 0 radical (unpaired) electrons. The van der Waals surface area contributed by atoms with Gasteiger partial charge in [-0.3, -0.25) is 14.4 Å². The van der Waals surface area contributed by atoms with E-state index in [1.165, 1.54) is 244 Å². The zero-order valence-corrected chi connectivity index (χ0v) is 47.5. The highest BCUT2D eigenvalue weighted by molar-refractivity contribution is 5.71. The SMILES string of the molecule is CCCCCCCCCCCCCCCCCCC(=O)OC[C@H](COC(=O)CCCCCCCCCCCCCC(C)C)OC(=O)CCCCCCCCCCCCCCCCCCCCC(C)C. The molecule has 0 aromatic heterocycles. The number of ether oxygens (including phenoxy) is 3. The molecule has 0 aliphatic rings. The lowest BCUT2D eigenvalue weighted by atomic mass is 10.0. The number of hydrogen-bond acceptors (Lipinski definition) is 6. The Hall–Kier alpha value is -1.59. The van der Waals surface area contributed by atoms with Gasteiger partial charge in [-0.05, 0) is 31.1 Å². The lowest BCUT2D eigenvalue weighted by Crippen LogP contribution is -2.30. The van der Waals surface area contributed by atoms with E-state index in [9.17, 15) is 14.4 Å². The minimum atomic E-state index is -0.763. The molecule has 0 aromatic rings. The lowest BCUT2D eigenvalue weighted by Gasteiger charge is -2.18. The van der Waals surface area contributed by atoms with Crippen LogP contribution < -0.4 is 0 Å². The molecule has 0 N–H and O–H groups in total. The summed E-state index contributed by atoms with van der Waals surface area (Å²) in [4.78, 5) is 38.2. The zero-order chi connectivity index (χ0) is 50.4. The average molecular weight is 976 g/mol. The number of rotatable bonds is 57. The van der Waals surface area contributed by atoms with Crippen molar-refractivity contribution in [1.29, 1.82) is 0 Å². The van der Waals surface area contributed by atoms with E-state index >= 15 is 0 Å². The third-order valence-electron chi connectivity index (χ3n) is 14.5. The molecule has 0 unspecified atom stereocenters. The van der Waals surface area contributed by atoms with Crippen molar-refractivity contribution in [2.24, 2.45) is 11.8 Å². The van der Waals surface area contributed by atoms with Gasteiger partial charge in [-0.15, -0.1) is 0 Å². The summed E-state index contributed by atoms with van der Waals surface area (Å²) in [5.41, 5.74) is 0. The van der Waals surface area contributed by atoms with Crippen LogP contribution in [0.4, 0.5) is 0 Å². The summed E-state index contributed by atoms with van der Waals surface area (Å²) in [5.74, 6) is 0.851. The summed E-state index contributed by atoms with van der Waals surface area (Å²) in [7, 11) is 0. The van der Waals surface area contributed by atoms with Crippen LogP contribution in [0.25, 0.3) is 0 Å². The summed E-state index contributed by atoms with van der Waals surface area (Å²) < 4.78 is 16.9. The first-order valence-corrected chi connectivity index (χ1v) is 31.2. The highest BCUT2D eigenvalue weighted by Crippen LogP contribution is 2.19. The van der Waals surface area contributed by atoms with Crippen LogP contribution in [0.2, 0.25) is 0 Å². The highest BCUT2D eigenvalue weighted by atomic mass is 16.6. The predicted molar refractivity (Wildman–Crippen MR) is 298 cm³/mol. The molecule has 0 aliphatic heterocycles. The minimum absolute atomic E-state index is 0.0621. The van der Waals surface area contributed by atoms with Gasteiger partial charge in [0.2, 0.25) is 0 Å². The molecule has 0 bridgehead atoms. The second kappa shape index (κ2) is 55.7. The van der Waals surface area contributed by atoms with E-state index in [-0.39, 0.29) is 31.1 Å². The first-order chi connectivity index (χ1) is 33.7. The molecule has 0 fully saturated rings. The van der Waals surface area contributed by atoms with Crippen LogP contribution in [0.15, 0.2) is 0 Å². The van der Waals surface area contributed by atoms with Crippen molar-refractivity contribution in [3.05, 3.63) is 0 Å². The van der Waals surface area contributed by atoms with Gasteiger partial charge < -0.3 is 14.2 Å². The first kappa shape index (κ1) is 67.4. The third-order valence-corrected chi connectivity index (χ3v) is 14.5. The average Bonchev–Trinajstić information content (AvgIpc) is 3.32. The third kappa shape index (κ3) is 57.2. The number of esters is 3.